The minimum absolute atomic E-state index is 0.0561. The zero-order chi connectivity index (χ0) is 22.3. The van der Waals surface area contributed by atoms with Crippen LogP contribution in [-0.4, -0.2) is 52.2 Å². The Hall–Kier alpha value is -3.76. The van der Waals surface area contributed by atoms with E-state index in [4.69, 9.17) is 9.90 Å². The van der Waals surface area contributed by atoms with Crippen LogP contribution in [0.15, 0.2) is 48.7 Å². The van der Waals surface area contributed by atoms with Gasteiger partial charge in [-0.3, -0.25) is 14.7 Å². The molecule has 2 heterocycles. The van der Waals surface area contributed by atoms with Crippen molar-refractivity contribution in [2.45, 2.75) is 6.18 Å². The Morgan fingerprint density at radius 3 is 2.27 bits per heavy atom. The number of benzene rings is 1. The first-order valence-corrected chi connectivity index (χ1v) is 8.35. The van der Waals surface area contributed by atoms with Gasteiger partial charge in [-0.1, -0.05) is 18.2 Å². The fraction of sp³-hybridized carbons (Fsp3) is 0.158. The predicted octanol–water partition coefficient (Wildman–Crippen LogP) is 3.09. The highest BCUT2D eigenvalue weighted by molar-refractivity contribution is 6.02. The lowest BCUT2D eigenvalue weighted by Gasteiger charge is -2.08. The quantitative estimate of drug-likeness (QED) is 0.579. The van der Waals surface area contributed by atoms with Gasteiger partial charge in [0.2, 0.25) is 5.91 Å². The molecule has 7 nitrogen and oxygen atoms in total. The molecular weight excluding hydrogens is 410 g/mol. The van der Waals surface area contributed by atoms with E-state index in [0.717, 1.165) is 21.7 Å². The molecule has 1 aliphatic heterocycles. The molecule has 2 aromatic rings. The molecule has 2 N–H and O–H groups in total. The van der Waals surface area contributed by atoms with Crippen molar-refractivity contribution >= 4 is 24.0 Å². The van der Waals surface area contributed by atoms with Gasteiger partial charge in [-0.25, -0.2) is 14.0 Å². The molecule has 0 spiro atoms. The van der Waals surface area contributed by atoms with Gasteiger partial charge in [0.1, 0.15) is 5.82 Å². The molecular formula is C19H15F4N3O4. The summed E-state index contributed by atoms with van der Waals surface area (Å²) in [7, 11) is 0. The van der Waals surface area contributed by atoms with E-state index in [2.05, 4.69) is 10.3 Å². The summed E-state index contributed by atoms with van der Waals surface area (Å²) >= 11 is 0. The fourth-order valence-corrected chi connectivity index (χ4v) is 2.23. The van der Waals surface area contributed by atoms with E-state index < -0.39 is 12.1 Å². The SMILES string of the molecule is O=C(O)C(F)(F)F.O=C1CNC(=O)N1C/C=C/c1ccc(-c2ccc(F)cc2)nc1. The minimum atomic E-state index is -5.08. The summed E-state index contributed by atoms with van der Waals surface area (Å²) in [6.45, 7) is 0.283. The largest absolute Gasteiger partial charge is 0.490 e. The summed E-state index contributed by atoms with van der Waals surface area (Å²) in [6.07, 6.45) is 0.124. The molecule has 3 amide bonds. The standard InChI is InChI=1S/C17H14FN3O2.C2HF3O2/c18-14-6-4-13(5-7-14)15-8-3-12(10-19-15)2-1-9-21-16(22)11-20-17(21)23;3-2(4,5)1(6)7/h1-8,10H,9,11H2,(H,20,23);(H,6,7)/b2-1+;. The second-order valence-corrected chi connectivity index (χ2v) is 5.85. The molecule has 0 atom stereocenters. The molecule has 3 rings (SSSR count). The Morgan fingerprint density at radius 2 is 1.80 bits per heavy atom. The molecule has 11 heteroatoms. The second kappa shape index (κ2) is 9.63. The number of nitrogens with one attached hydrogen (secondary N) is 1. The van der Waals surface area contributed by atoms with Crippen LogP contribution >= 0.6 is 0 Å². The Bertz CT molecular complexity index is 926. The molecule has 0 bridgehead atoms. The van der Waals surface area contributed by atoms with Crippen LogP contribution in [0.3, 0.4) is 0 Å². The van der Waals surface area contributed by atoms with Gasteiger partial charge in [-0.15, -0.1) is 0 Å². The lowest BCUT2D eigenvalue weighted by molar-refractivity contribution is -0.192. The van der Waals surface area contributed by atoms with E-state index in [1.807, 2.05) is 12.1 Å². The highest BCUT2D eigenvalue weighted by Gasteiger charge is 2.38. The topological polar surface area (TPSA) is 99.6 Å². The summed E-state index contributed by atoms with van der Waals surface area (Å²) in [5, 5.41) is 9.59. The van der Waals surface area contributed by atoms with Crippen LogP contribution in [0.25, 0.3) is 17.3 Å². The lowest BCUT2D eigenvalue weighted by Crippen LogP contribution is -2.30. The highest BCUT2D eigenvalue weighted by atomic mass is 19.4. The molecule has 1 saturated heterocycles. The second-order valence-electron chi connectivity index (χ2n) is 5.85. The van der Waals surface area contributed by atoms with Crippen molar-refractivity contribution in [3.63, 3.8) is 0 Å². The van der Waals surface area contributed by atoms with Crippen LogP contribution in [0, 0.1) is 5.82 Å². The first-order chi connectivity index (χ1) is 14.1. The Balaban J connectivity index is 0.000000396. The van der Waals surface area contributed by atoms with Crippen molar-refractivity contribution < 1.29 is 37.1 Å². The van der Waals surface area contributed by atoms with Crippen molar-refractivity contribution in [3.8, 4) is 11.3 Å². The van der Waals surface area contributed by atoms with Crippen LogP contribution in [0.4, 0.5) is 22.4 Å². The van der Waals surface area contributed by atoms with Crippen molar-refractivity contribution in [2.24, 2.45) is 0 Å². The van der Waals surface area contributed by atoms with Crippen LogP contribution in [0.5, 0.6) is 0 Å². The van der Waals surface area contributed by atoms with Crippen LogP contribution in [-0.2, 0) is 9.59 Å². The summed E-state index contributed by atoms with van der Waals surface area (Å²) in [5.74, 6) is -3.27. The first kappa shape index (κ1) is 22.5. The van der Waals surface area contributed by atoms with Gasteiger partial charge in [-0.05, 0) is 35.9 Å². The number of carbonyl (C=O) groups is 3. The van der Waals surface area contributed by atoms with Crippen molar-refractivity contribution in [2.75, 3.05) is 13.1 Å². The highest BCUT2D eigenvalue weighted by Crippen LogP contribution is 2.18. The molecule has 1 aromatic heterocycles. The van der Waals surface area contributed by atoms with Gasteiger partial charge in [0.25, 0.3) is 0 Å². The molecule has 0 radical (unpaired) electrons. The fourth-order valence-electron chi connectivity index (χ4n) is 2.23. The molecule has 1 fully saturated rings. The maximum atomic E-state index is 12.9. The molecule has 30 heavy (non-hydrogen) atoms. The third-order valence-corrected chi connectivity index (χ3v) is 3.70. The van der Waals surface area contributed by atoms with Gasteiger partial charge in [-0.2, -0.15) is 13.2 Å². The van der Waals surface area contributed by atoms with Gasteiger partial charge < -0.3 is 10.4 Å². The molecule has 1 aromatic carbocycles. The number of nitrogens with zero attached hydrogens (tertiary/aromatic N) is 2. The van der Waals surface area contributed by atoms with Gasteiger partial charge in [0, 0.05) is 18.3 Å². The Labute approximate surface area is 167 Å². The number of pyridine rings is 1. The smallest absolute Gasteiger partial charge is 0.475 e. The molecule has 0 aliphatic carbocycles. The summed E-state index contributed by atoms with van der Waals surface area (Å²) in [4.78, 5) is 37.2. The number of urea groups is 1. The monoisotopic (exact) mass is 425 g/mol. The number of hydrogen-bond donors (Lipinski definition) is 2. The first-order valence-electron chi connectivity index (χ1n) is 8.35. The third-order valence-electron chi connectivity index (χ3n) is 3.70. The van der Waals surface area contributed by atoms with E-state index in [9.17, 15) is 27.2 Å². The van der Waals surface area contributed by atoms with Gasteiger partial charge >= 0.3 is 18.2 Å². The third kappa shape index (κ3) is 6.40. The maximum absolute atomic E-state index is 12.9. The molecule has 0 saturated carbocycles. The van der Waals surface area contributed by atoms with E-state index in [1.165, 1.54) is 12.1 Å². The predicted molar refractivity (Wildman–Crippen MR) is 97.5 cm³/mol. The number of amides is 3. The normalized spacial score (nSPS) is 13.8. The summed E-state index contributed by atoms with van der Waals surface area (Å²) in [6, 6.07) is 9.46. The average Bonchev–Trinajstić information content (AvgIpc) is 3.01. The number of carboxylic acids is 1. The van der Waals surface area contributed by atoms with Crippen LogP contribution in [0.1, 0.15) is 5.56 Å². The number of aromatic nitrogens is 1. The van der Waals surface area contributed by atoms with Gasteiger partial charge in [0.05, 0.1) is 12.2 Å². The zero-order valence-electron chi connectivity index (χ0n) is 15.2. The van der Waals surface area contributed by atoms with E-state index >= 15 is 0 Å². The number of carboxylic acid groups (broad SMARTS) is 1. The number of carbonyl (C=O) groups excluding carboxylic acids is 2. The van der Waals surface area contributed by atoms with E-state index in [0.29, 0.717) is 0 Å². The number of aliphatic carboxylic acids is 1. The number of imide groups is 1. The van der Waals surface area contributed by atoms with Crippen LogP contribution < -0.4 is 5.32 Å². The van der Waals surface area contributed by atoms with Crippen molar-refractivity contribution in [1.82, 2.24) is 15.2 Å². The molecule has 158 valence electrons. The Morgan fingerprint density at radius 1 is 1.17 bits per heavy atom. The van der Waals surface area contributed by atoms with Gasteiger partial charge in [0.15, 0.2) is 0 Å². The number of halogens is 4. The summed E-state index contributed by atoms with van der Waals surface area (Å²) in [5.41, 5.74) is 2.43. The zero-order valence-corrected chi connectivity index (χ0v) is 15.2. The molecule has 0 unspecified atom stereocenters. The molecule has 1 aliphatic rings. The maximum Gasteiger partial charge on any atom is 0.490 e. The van der Waals surface area contributed by atoms with E-state index in [-0.39, 0.29) is 30.8 Å². The van der Waals surface area contributed by atoms with Crippen molar-refractivity contribution in [3.05, 3.63) is 60.1 Å². The minimum Gasteiger partial charge on any atom is -0.475 e. The number of hydrogen-bond acceptors (Lipinski definition) is 4. The van der Waals surface area contributed by atoms with E-state index in [1.54, 1.807) is 30.5 Å². The lowest BCUT2D eigenvalue weighted by atomic mass is 10.1. The van der Waals surface area contributed by atoms with Crippen LogP contribution in [0.2, 0.25) is 0 Å². The van der Waals surface area contributed by atoms with Crippen molar-refractivity contribution in [1.29, 1.82) is 0 Å². The summed E-state index contributed by atoms with van der Waals surface area (Å²) < 4.78 is 44.6. The average molecular weight is 425 g/mol. The Kier molecular flexibility index (Phi) is 7.23. The number of rotatable bonds is 4. The number of alkyl halides is 3.